The zero-order valence-corrected chi connectivity index (χ0v) is 19.2. The van der Waals surface area contributed by atoms with Crippen molar-refractivity contribution >= 4 is 17.6 Å². The number of nitrogens with zero attached hydrogens (tertiary/aromatic N) is 4. The van der Waals surface area contributed by atoms with Crippen LogP contribution in [0, 0.1) is 11.3 Å². The van der Waals surface area contributed by atoms with Gasteiger partial charge in [-0.3, -0.25) is 5.01 Å². The van der Waals surface area contributed by atoms with Crippen molar-refractivity contribution in [2.45, 2.75) is 65.5 Å². The third kappa shape index (κ3) is 6.18. The molecule has 0 aromatic heterocycles. The topological polar surface area (TPSA) is 104 Å². The molecule has 0 saturated heterocycles. The van der Waals surface area contributed by atoms with Gasteiger partial charge in [0, 0.05) is 12.1 Å². The van der Waals surface area contributed by atoms with Crippen LogP contribution in [0.2, 0.25) is 0 Å². The Hall–Kier alpha value is -3.23. The van der Waals surface area contributed by atoms with E-state index in [-0.39, 0.29) is 12.1 Å². The summed E-state index contributed by atoms with van der Waals surface area (Å²) in [7, 11) is 0. The molecule has 0 aliphatic heterocycles. The van der Waals surface area contributed by atoms with Crippen molar-refractivity contribution in [3.63, 3.8) is 0 Å². The maximum Gasteiger partial charge on any atom is 0.382 e. The van der Waals surface area contributed by atoms with Gasteiger partial charge in [0.25, 0.3) is 0 Å². The normalized spacial score (nSPS) is 12.2. The molecule has 1 aromatic carbocycles. The molecule has 1 rings (SSSR count). The molecular formula is C21H26F4N4O4. The van der Waals surface area contributed by atoms with Gasteiger partial charge in [-0.25, -0.2) is 9.59 Å². The molecule has 0 heterocycles. The fourth-order valence-corrected chi connectivity index (χ4v) is 2.85. The highest BCUT2D eigenvalue weighted by Crippen LogP contribution is 2.45. The number of benzene rings is 1. The van der Waals surface area contributed by atoms with Crippen LogP contribution in [0.4, 0.5) is 23.2 Å². The van der Waals surface area contributed by atoms with E-state index < -0.39 is 59.4 Å². The van der Waals surface area contributed by atoms with E-state index in [9.17, 15) is 14.9 Å². The maximum absolute atomic E-state index is 15.0. The molecule has 1 aromatic rings. The lowest BCUT2D eigenvalue weighted by atomic mass is 9.95. The summed E-state index contributed by atoms with van der Waals surface area (Å²) >= 11 is 0. The Bertz CT molecular complexity index is 884. The third-order valence-electron chi connectivity index (χ3n) is 4.29. The minimum atomic E-state index is -4.47. The van der Waals surface area contributed by atoms with Crippen LogP contribution in [-0.4, -0.2) is 42.2 Å². The Morgan fingerprint density at radius 1 is 0.970 bits per heavy atom. The molecule has 0 aliphatic rings. The van der Waals surface area contributed by atoms with Crippen LogP contribution < -0.4 is 0 Å². The van der Waals surface area contributed by atoms with Gasteiger partial charge in [-0.05, 0) is 53.7 Å². The lowest BCUT2D eigenvalue weighted by molar-refractivity contribution is -0.173. The lowest BCUT2D eigenvalue weighted by Gasteiger charge is -2.27. The largest absolute Gasteiger partial charge is 0.461 e. The molecule has 0 atom stereocenters. The first-order chi connectivity index (χ1) is 15.2. The Labute approximate surface area is 189 Å². The number of hydrogen-bond donors (Lipinski definition) is 0. The molecule has 0 aliphatic carbocycles. The minimum absolute atomic E-state index is 0.296. The van der Waals surface area contributed by atoms with Crippen LogP contribution >= 0.6 is 0 Å². The van der Waals surface area contributed by atoms with Crippen molar-refractivity contribution in [2.24, 2.45) is 10.3 Å². The first-order valence-corrected chi connectivity index (χ1v) is 10.1. The van der Waals surface area contributed by atoms with Gasteiger partial charge < -0.3 is 9.47 Å². The van der Waals surface area contributed by atoms with Gasteiger partial charge in [0.1, 0.15) is 5.69 Å². The summed E-state index contributed by atoms with van der Waals surface area (Å²) in [5, 5.41) is 18.0. The molecule has 0 spiro atoms. The summed E-state index contributed by atoms with van der Waals surface area (Å²) in [5.41, 5.74) is -4.50. The molecule has 0 N–H and O–H groups in total. The number of halogens is 4. The predicted molar refractivity (Wildman–Crippen MR) is 109 cm³/mol. The van der Waals surface area contributed by atoms with Crippen LogP contribution in [0.3, 0.4) is 0 Å². The molecule has 33 heavy (non-hydrogen) atoms. The summed E-state index contributed by atoms with van der Waals surface area (Å²) in [6, 6.07) is 1.94. The highest BCUT2D eigenvalue weighted by atomic mass is 19.3. The average molecular weight is 474 g/mol. The average Bonchev–Trinajstić information content (AvgIpc) is 2.73. The second-order valence-electron chi connectivity index (χ2n) is 7.38. The van der Waals surface area contributed by atoms with E-state index in [4.69, 9.17) is 0 Å². The number of carbonyl (C=O) groups is 2. The molecule has 0 saturated carbocycles. The van der Waals surface area contributed by atoms with Gasteiger partial charge >= 0.3 is 23.8 Å². The maximum atomic E-state index is 15.0. The van der Waals surface area contributed by atoms with E-state index in [2.05, 4.69) is 19.8 Å². The summed E-state index contributed by atoms with van der Waals surface area (Å²) in [5.74, 6) is -13.0. The van der Waals surface area contributed by atoms with Crippen molar-refractivity contribution in [1.82, 2.24) is 5.01 Å². The molecule has 0 fully saturated rings. The Morgan fingerprint density at radius 3 is 1.67 bits per heavy atom. The van der Waals surface area contributed by atoms with Crippen molar-refractivity contribution in [3.8, 4) is 6.07 Å². The number of carbonyl (C=O) groups excluding carboxylic acids is 2. The predicted octanol–water partition coefficient (Wildman–Crippen LogP) is 4.99. The van der Waals surface area contributed by atoms with Crippen molar-refractivity contribution in [2.75, 3.05) is 13.2 Å². The summed E-state index contributed by atoms with van der Waals surface area (Å²) in [6.07, 6.45) is 0. The number of nitriles is 1. The quantitative estimate of drug-likeness (QED) is 0.205. The number of alkyl halides is 4. The molecule has 0 amide bonds. The number of ether oxygens (including phenoxy) is 2. The van der Waals surface area contributed by atoms with E-state index in [1.807, 2.05) is 0 Å². The standard InChI is InChI=1S/C21H26F4N4O4/c1-7-32-18(30)20(22,23)15-9-14(11-26)10-16(21(24,25)19(31)33-8-2)17(15)27-28-29(12(3)4)13(5)6/h9-10,12-13H,7-8H2,1-6H3. The first-order valence-electron chi connectivity index (χ1n) is 10.1. The van der Waals surface area contributed by atoms with Gasteiger partial charge in [0.15, 0.2) is 0 Å². The van der Waals surface area contributed by atoms with Crippen LogP contribution in [0.1, 0.15) is 58.2 Å². The highest BCUT2D eigenvalue weighted by Gasteiger charge is 2.51. The van der Waals surface area contributed by atoms with E-state index in [1.165, 1.54) is 24.9 Å². The number of rotatable bonds is 10. The van der Waals surface area contributed by atoms with Gasteiger partial charge in [-0.15, -0.1) is 5.11 Å². The lowest BCUT2D eigenvalue weighted by Crippen LogP contribution is -2.33. The van der Waals surface area contributed by atoms with Crippen molar-refractivity contribution in [1.29, 1.82) is 5.26 Å². The van der Waals surface area contributed by atoms with Gasteiger partial charge in [0.2, 0.25) is 0 Å². The Morgan fingerprint density at radius 2 is 1.36 bits per heavy atom. The van der Waals surface area contributed by atoms with Gasteiger partial charge in [-0.2, -0.15) is 22.8 Å². The molecule has 0 unspecified atom stereocenters. The molecular weight excluding hydrogens is 448 g/mol. The van der Waals surface area contributed by atoms with Crippen LogP contribution in [0.25, 0.3) is 0 Å². The highest BCUT2D eigenvalue weighted by molar-refractivity contribution is 5.86. The first kappa shape index (κ1) is 27.8. The number of hydrogen-bond acceptors (Lipinski definition) is 7. The number of esters is 2. The van der Waals surface area contributed by atoms with Gasteiger partial charge in [0.05, 0.1) is 36.0 Å². The SMILES string of the molecule is CCOC(=O)C(F)(F)c1cc(C#N)cc(C(F)(F)C(=O)OCC)c1N=NN(C(C)C)C(C)C. The van der Waals surface area contributed by atoms with Gasteiger partial charge in [-0.1, -0.05) is 5.22 Å². The Kier molecular flexibility index (Phi) is 9.33. The van der Waals surface area contributed by atoms with Crippen LogP contribution in [0.5, 0.6) is 0 Å². The zero-order chi connectivity index (χ0) is 25.6. The monoisotopic (exact) mass is 474 g/mol. The molecule has 182 valence electrons. The van der Waals surface area contributed by atoms with E-state index >= 15 is 17.6 Å². The second-order valence-corrected chi connectivity index (χ2v) is 7.38. The molecule has 0 radical (unpaired) electrons. The smallest absolute Gasteiger partial charge is 0.382 e. The fraction of sp³-hybridized carbons (Fsp3) is 0.571. The van der Waals surface area contributed by atoms with E-state index in [1.54, 1.807) is 27.7 Å². The minimum Gasteiger partial charge on any atom is -0.461 e. The van der Waals surface area contributed by atoms with E-state index in [0.29, 0.717) is 12.1 Å². The van der Waals surface area contributed by atoms with Crippen molar-refractivity contribution < 1.29 is 36.6 Å². The third-order valence-corrected chi connectivity index (χ3v) is 4.29. The molecule has 8 nitrogen and oxygen atoms in total. The molecule has 0 bridgehead atoms. The van der Waals surface area contributed by atoms with E-state index in [0.717, 1.165) is 0 Å². The fourth-order valence-electron chi connectivity index (χ4n) is 2.85. The second kappa shape index (κ2) is 11.1. The van der Waals surface area contributed by atoms with Crippen LogP contribution in [0.15, 0.2) is 22.5 Å². The molecule has 12 heteroatoms. The Balaban J connectivity index is 4.00. The summed E-state index contributed by atoms with van der Waals surface area (Å²) in [4.78, 5) is 23.9. The summed E-state index contributed by atoms with van der Waals surface area (Å²) < 4.78 is 68.8. The van der Waals surface area contributed by atoms with Crippen molar-refractivity contribution in [3.05, 3.63) is 28.8 Å². The summed E-state index contributed by atoms with van der Waals surface area (Å²) in [6.45, 7) is 8.57. The van der Waals surface area contributed by atoms with Crippen LogP contribution in [-0.2, 0) is 30.9 Å². The zero-order valence-electron chi connectivity index (χ0n) is 19.2.